The summed E-state index contributed by atoms with van der Waals surface area (Å²) in [4.78, 5) is 2.11. The molecule has 1 saturated heterocycles. The van der Waals surface area contributed by atoms with Gasteiger partial charge < -0.3 is 10.0 Å². The third-order valence-electron chi connectivity index (χ3n) is 3.33. The van der Waals surface area contributed by atoms with E-state index in [4.69, 9.17) is 5.11 Å². The van der Waals surface area contributed by atoms with Crippen molar-refractivity contribution in [2.45, 2.75) is 24.9 Å². The number of likely N-dealkylation sites (tertiary alicyclic amines) is 1. The number of hydrogen-bond acceptors (Lipinski definition) is 3. The van der Waals surface area contributed by atoms with Crippen LogP contribution in [0.3, 0.4) is 0 Å². The van der Waals surface area contributed by atoms with Crippen molar-refractivity contribution in [2.75, 3.05) is 26.2 Å². The molecule has 0 saturated carbocycles. The number of aromatic nitrogens is 2. The van der Waals surface area contributed by atoms with Gasteiger partial charge in [-0.3, -0.25) is 5.10 Å². The molecular formula is C11H16F3N3O. The average Bonchev–Trinajstić information content (AvgIpc) is 2.79. The number of piperidine rings is 1. The number of halogens is 3. The molecule has 1 aromatic rings. The second-order valence-corrected chi connectivity index (χ2v) is 4.55. The fourth-order valence-electron chi connectivity index (χ4n) is 2.30. The van der Waals surface area contributed by atoms with E-state index in [0.717, 1.165) is 32.0 Å². The summed E-state index contributed by atoms with van der Waals surface area (Å²) >= 11 is 0. The van der Waals surface area contributed by atoms with Gasteiger partial charge in [0.05, 0.1) is 6.61 Å². The van der Waals surface area contributed by atoms with E-state index in [0.29, 0.717) is 12.2 Å². The van der Waals surface area contributed by atoms with E-state index in [9.17, 15) is 13.2 Å². The highest BCUT2D eigenvalue weighted by molar-refractivity contribution is 5.16. The van der Waals surface area contributed by atoms with E-state index in [2.05, 4.69) is 15.1 Å². The smallest absolute Gasteiger partial charge is 0.395 e. The van der Waals surface area contributed by atoms with Crippen LogP contribution in [0.15, 0.2) is 6.07 Å². The van der Waals surface area contributed by atoms with E-state index in [1.54, 1.807) is 0 Å². The zero-order chi connectivity index (χ0) is 13.2. The molecule has 1 aromatic heterocycles. The Morgan fingerprint density at radius 2 is 2.06 bits per heavy atom. The zero-order valence-corrected chi connectivity index (χ0v) is 9.87. The van der Waals surface area contributed by atoms with Crippen molar-refractivity contribution in [1.29, 1.82) is 0 Å². The van der Waals surface area contributed by atoms with E-state index in [1.807, 2.05) is 0 Å². The van der Waals surface area contributed by atoms with Crippen molar-refractivity contribution in [3.05, 3.63) is 17.5 Å². The van der Waals surface area contributed by atoms with Crippen LogP contribution >= 0.6 is 0 Å². The lowest BCUT2D eigenvalue weighted by atomic mass is 9.93. The van der Waals surface area contributed by atoms with Gasteiger partial charge in [-0.25, -0.2) is 0 Å². The lowest BCUT2D eigenvalue weighted by molar-refractivity contribution is -0.141. The van der Waals surface area contributed by atoms with Gasteiger partial charge >= 0.3 is 6.18 Å². The molecule has 2 N–H and O–H groups in total. The molecule has 7 heteroatoms. The normalized spacial score (nSPS) is 19.3. The molecule has 0 radical (unpaired) electrons. The van der Waals surface area contributed by atoms with Gasteiger partial charge in [0.2, 0.25) is 0 Å². The maximum Gasteiger partial charge on any atom is 0.435 e. The van der Waals surface area contributed by atoms with Crippen molar-refractivity contribution >= 4 is 0 Å². The Balaban J connectivity index is 1.95. The minimum atomic E-state index is -4.38. The van der Waals surface area contributed by atoms with Crippen LogP contribution in [0.5, 0.6) is 0 Å². The number of hydrogen-bond donors (Lipinski definition) is 2. The summed E-state index contributed by atoms with van der Waals surface area (Å²) in [6.45, 7) is 2.34. The molecule has 2 rings (SSSR count). The predicted molar refractivity (Wildman–Crippen MR) is 59.1 cm³/mol. The molecule has 0 atom stereocenters. The largest absolute Gasteiger partial charge is 0.435 e. The van der Waals surface area contributed by atoms with Crippen LogP contribution in [0.1, 0.15) is 30.1 Å². The molecule has 0 unspecified atom stereocenters. The van der Waals surface area contributed by atoms with E-state index >= 15 is 0 Å². The quantitative estimate of drug-likeness (QED) is 0.871. The Morgan fingerprint density at radius 3 is 2.56 bits per heavy atom. The van der Waals surface area contributed by atoms with Crippen LogP contribution in [0, 0.1) is 0 Å². The van der Waals surface area contributed by atoms with Gasteiger partial charge in [0.25, 0.3) is 0 Å². The van der Waals surface area contributed by atoms with Gasteiger partial charge in [-0.15, -0.1) is 0 Å². The second-order valence-electron chi connectivity index (χ2n) is 4.55. The number of H-pyrrole nitrogens is 1. The Morgan fingerprint density at radius 1 is 1.39 bits per heavy atom. The third-order valence-corrected chi connectivity index (χ3v) is 3.33. The maximum atomic E-state index is 12.4. The van der Waals surface area contributed by atoms with Crippen LogP contribution in [0.4, 0.5) is 13.2 Å². The Labute approximate surface area is 103 Å². The van der Waals surface area contributed by atoms with E-state index < -0.39 is 11.9 Å². The highest BCUT2D eigenvalue weighted by Gasteiger charge is 2.34. The van der Waals surface area contributed by atoms with Crippen LogP contribution in [0.25, 0.3) is 0 Å². The average molecular weight is 263 g/mol. The molecule has 0 aromatic carbocycles. The first kappa shape index (κ1) is 13.4. The molecule has 18 heavy (non-hydrogen) atoms. The summed E-state index contributed by atoms with van der Waals surface area (Å²) in [5.41, 5.74) is -0.290. The van der Waals surface area contributed by atoms with Crippen molar-refractivity contribution in [3.8, 4) is 0 Å². The number of aromatic amines is 1. The van der Waals surface area contributed by atoms with Crippen molar-refractivity contribution in [2.24, 2.45) is 0 Å². The minimum Gasteiger partial charge on any atom is -0.395 e. The number of aliphatic hydroxyl groups is 1. The van der Waals surface area contributed by atoms with Crippen LogP contribution < -0.4 is 0 Å². The molecule has 1 aliphatic rings. The molecular weight excluding hydrogens is 247 g/mol. The van der Waals surface area contributed by atoms with Crippen molar-refractivity contribution in [3.63, 3.8) is 0 Å². The molecule has 1 aliphatic heterocycles. The van der Waals surface area contributed by atoms with Crippen LogP contribution in [-0.2, 0) is 6.18 Å². The molecule has 0 bridgehead atoms. The molecule has 2 heterocycles. The molecule has 102 valence electrons. The number of aliphatic hydroxyl groups excluding tert-OH is 1. The SMILES string of the molecule is OCCN1CCC(c2cc(C(F)(F)F)n[nH]2)CC1. The Kier molecular flexibility index (Phi) is 3.91. The first-order valence-electron chi connectivity index (χ1n) is 5.96. The van der Waals surface area contributed by atoms with Gasteiger partial charge in [0.15, 0.2) is 5.69 Å². The molecule has 0 amide bonds. The van der Waals surface area contributed by atoms with Crippen LogP contribution in [-0.4, -0.2) is 46.4 Å². The van der Waals surface area contributed by atoms with Crippen LogP contribution in [0.2, 0.25) is 0 Å². The fraction of sp³-hybridized carbons (Fsp3) is 0.727. The summed E-state index contributed by atoms with van der Waals surface area (Å²) in [6, 6.07) is 1.10. The highest BCUT2D eigenvalue weighted by Crippen LogP contribution is 2.32. The summed E-state index contributed by atoms with van der Waals surface area (Å²) in [5, 5.41) is 14.6. The first-order chi connectivity index (χ1) is 8.50. The standard InChI is InChI=1S/C11H16F3N3O/c12-11(13,14)10-7-9(15-16-10)8-1-3-17(4-2-8)5-6-18/h7-8,18H,1-6H2,(H,15,16). The number of β-amino-alcohol motifs (C(OH)–C–C–N with tert-alkyl or cyclic N) is 1. The summed E-state index contributed by atoms with van der Waals surface area (Å²) in [7, 11) is 0. The first-order valence-corrected chi connectivity index (χ1v) is 5.96. The van der Waals surface area contributed by atoms with Gasteiger partial charge in [0.1, 0.15) is 0 Å². The minimum absolute atomic E-state index is 0.101. The second kappa shape index (κ2) is 5.27. The lowest BCUT2D eigenvalue weighted by Gasteiger charge is -2.30. The molecule has 0 aliphatic carbocycles. The topological polar surface area (TPSA) is 52.1 Å². The van der Waals surface area contributed by atoms with E-state index in [-0.39, 0.29) is 12.5 Å². The summed E-state index contributed by atoms with van der Waals surface area (Å²) in [5.74, 6) is 0.101. The van der Waals surface area contributed by atoms with Gasteiger partial charge in [-0.1, -0.05) is 0 Å². The Bertz CT molecular complexity index is 383. The lowest BCUT2D eigenvalue weighted by Crippen LogP contribution is -2.35. The monoisotopic (exact) mass is 263 g/mol. The zero-order valence-electron chi connectivity index (χ0n) is 9.87. The highest BCUT2D eigenvalue weighted by atomic mass is 19.4. The van der Waals surface area contributed by atoms with E-state index in [1.165, 1.54) is 0 Å². The summed E-state index contributed by atoms with van der Waals surface area (Å²) < 4.78 is 37.2. The molecule has 1 fully saturated rings. The van der Waals surface area contributed by atoms with Gasteiger partial charge in [-0.2, -0.15) is 18.3 Å². The third kappa shape index (κ3) is 3.02. The van der Waals surface area contributed by atoms with Gasteiger partial charge in [-0.05, 0) is 32.0 Å². The number of alkyl halides is 3. The van der Waals surface area contributed by atoms with Crippen molar-refractivity contribution < 1.29 is 18.3 Å². The number of nitrogens with one attached hydrogen (secondary N) is 1. The van der Waals surface area contributed by atoms with Gasteiger partial charge in [0, 0.05) is 18.2 Å². The fourth-order valence-corrected chi connectivity index (χ4v) is 2.30. The summed E-state index contributed by atoms with van der Waals surface area (Å²) in [6.07, 6.45) is -2.80. The molecule has 0 spiro atoms. The molecule has 4 nitrogen and oxygen atoms in total. The Hall–Kier alpha value is -1.08. The maximum absolute atomic E-state index is 12.4. The number of rotatable bonds is 3. The predicted octanol–water partition coefficient (Wildman–Crippen LogP) is 1.60. The number of nitrogens with zero attached hydrogens (tertiary/aromatic N) is 2. The van der Waals surface area contributed by atoms with Crippen molar-refractivity contribution in [1.82, 2.24) is 15.1 Å².